The van der Waals surface area contributed by atoms with Crippen molar-refractivity contribution in [1.82, 2.24) is 21.5 Å². The predicted molar refractivity (Wildman–Crippen MR) is 111 cm³/mol. The standard InChI is InChI=1S/C19H27ClN4O2S/c1-12(2)11-16(22-17(25)13-7-9-14(20)10-8-13)18(26)23-24-19(27)21-15-5-3-4-6-15/h7-10,12,15-16H,3-6,11H2,1-2H3,(H,22,25)(H,23,26)(H2,21,24,27)/t16-/m0/s1. The Balaban J connectivity index is 1.89. The molecule has 1 aliphatic rings. The monoisotopic (exact) mass is 410 g/mol. The predicted octanol–water partition coefficient (Wildman–Crippen LogP) is 2.92. The van der Waals surface area contributed by atoms with Gasteiger partial charge in [0.15, 0.2) is 5.11 Å². The summed E-state index contributed by atoms with van der Waals surface area (Å²) in [7, 11) is 0. The third kappa shape index (κ3) is 7.34. The first-order valence-electron chi connectivity index (χ1n) is 9.28. The minimum atomic E-state index is -0.671. The van der Waals surface area contributed by atoms with Crippen LogP contribution in [0.2, 0.25) is 5.02 Å². The van der Waals surface area contributed by atoms with E-state index in [0.29, 0.717) is 28.2 Å². The minimum Gasteiger partial charge on any atom is -0.359 e. The van der Waals surface area contributed by atoms with Gasteiger partial charge in [-0.15, -0.1) is 0 Å². The molecule has 2 rings (SSSR count). The third-order valence-electron chi connectivity index (χ3n) is 4.42. The van der Waals surface area contributed by atoms with Crippen molar-refractivity contribution in [3.8, 4) is 0 Å². The van der Waals surface area contributed by atoms with Gasteiger partial charge < -0.3 is 10.6 Å². The SMILES string of the molecule is CC(C)C[C@H](NC(=O)c1ccc(Cl)cc1)C(=O)NNC(=S)NC1CCCC1. The number of carbonyl (C=O) groups is 2. The molecular formula is C19H27ClN4O2S. The molecule has 1 aliphatic carbocycles. The lowest BCUT2D eigenvalue weighted by atomic mass is 10.0. The second-order valence-electron chi connectivity index (χ2n) is 7.23. The van der Waals surface area contributed by atoms with Crippen molar-refractivity contribution < 1.29 is 9.59 Å². The van der Waals surface area contributed by atoms with E-state index in [1.54, 1.807) is 24.3 Å². The summed E-state index contributed by atoms with van der Waals surface area (Å²) in [6, 6.07) is 6.22. The van der Waals surface area contributed by atoms with Gasteiger partial charge in [0.2, 0.25) is 0 Å². The Kier molecular flexibility index (Phi) is 8.31. The highest BCUT2D eigenvalue weighted by Crippen LogP contribution is 2.17. The van der Waals surface area contributed by atoms with Gasteiger partial charge in [-0.05, 0) is 61.7 Å². The first-order valence-corrected chi connectivity index (χ1v) is 10.1. The fourth-order valence-electron chi connectivity index (χ4n) is 3.04. The molecule has 8 heteroatoms. The number of benzene rings is 1. The molecule has 1 saturated carbocycles. The molecule has 0 radical (unpaired) electrons. The second kappa shape index (κ2) is 10.5. The van der Waals surface area contributed by atoms with E-state index < -0.39 is 6.04 Å². The van der Waals surface area contributed by atoms with Crippen LogP contribution in [-0.2, 0) is 4.79 Å². The van der Waals surface area contributed by atoms with Crippen molar-refractivity contribution in [2.24, 2.45) is 5.92 Å². The van der Waals surface area contributed by atoms with Crippen LogP contribution in [0.15, 0.2) is 24.3 Å². The average Bonchev–Trinajstić information content (AvgIpc) is 3.12. The van der Waals surface area contributed by atoms with Gasteiger partial charge in [0.05, 0.1) is 0 Å². The summed E-state index contributed by atoms with van der Waals surface area (Å²) in [6.45, 7) is 3.99. The number of nitrogens with one attached hydrogen (secondary N) is 4. The molecule has 6 nitrogen and oxygen atoms in total. The number of thiocarbonyl (C=S) groups is 1. The van der Waals surface area contributed by atoms with E-state index >= 15 is 0 Å². The molecule has 0 bridgehead atoms. The summed E-state index contributed by atoms with van der Waals surface area (Å²) in [5, 5.41) is 6.92. The number of hydrogen-bond acceptors (Lipinski definition) is 3. The molecule has 1 aromatic rings. The van der Waals surface area contributed by atoms with E-state index in [1.807, 2.05) is 13.8 Å². The molecule has 0 spiro atoms. The second-order valence-corrected chi connectivity index (χ2v) is 8.08. The summed E-state index contributed by atoms with van der Waals surface area (Å²) in [4.78, 5) is 25.0. The number of hydrazine groups is 1. The first-order chi connectivity index (χ1) is 12.8. The van der Waals surface area contributed by atoms with E-state index in [2.05, 4.69) is 21.5 Å². The maximum Gasteiger partial charge on any atom is 0.260 e. The lowest BCUT2D eigenvalue weighted by Gasteiger charge is -2.22. The minimum absolute atomic E-state index is 0.231. The van der Waals surface area contributed by atoms with E-state index in [-0.39, 0.29) is 17.7 Å². The topological polar surface area (TPSA) is 82.3 Å². The van der Waals surface area contributed by atoms with E-state index in [1.165, 1.54) is 12.8 Å². The average molecular weight is 411 g/mol. The summed E-state index contributed by atoms with van der Waals surface area (Å²) in [5.74, 6) is -0.421. The van der Waals surface area contributed by atoms with E-state index in [4.69, 9.17) is 23.8 Å². The van der Waals surface area contributed by atoms with Gasteiger partial charge in [-0.2, -0.15) is 0 Å². The highest BCUT2D eigenvalue weighted by molar-refractivity contribution is 7.80. The normalized spacial score (nSPS) is 15.3. The van der Waals surface area contributed by atoms with Crippen molar-refractivity contribution in [2.45, 2.75) is 58.0 Å². The number of halogens is 1. The summed E-state index contributed by atoms with van der Waals surface area (Å²) >= 11 is 11.1. The van der Waals surface area contributed by atoms with Crippen LogP contribution in [0, 0.1) is 5.92 Å². The van der Waals surface area contributed by atoms with E-state index in [0.717, 1.165) is 12.8 Å². The number of hydrogen-bond donors (Lipinski definition) is 4. The highest BCUT2D eigenvalue weighted by atomic mass is 35.5. The molecule has 0 aromatic heterocycles. The first kappa shape index (κ1) is 21.4. The fraction of sp³-hybridized carbons (Fsp3) is 0.526. The number of amides is 2. The van der Waals surface area contributed by atoms with Crippen LogP contribution < -0.4 is 21.5 Å². The van der Waals surface area contributed by atoms with Crippen molar-refractivity contribution in [3.05, 3.63) is 34.9 Å². The zero-order valence-corrected chi connectivity index (χ0v) is 17.3. The quantitative estimate of drug-likeness (QED) is 0.428. The lowest BCUT2D eigenvalue weighted by molar-refractivity contribution is -0.123. The van der Waals surface area contributed by atoms with Gasteiger partial charge in [0, 0.05) is 16.6 Å². The zero-order chi connectivity index (χ0) is 19.8. The van der Waals surface area contributed by atoms with Crippen molar-refractivity contribution in [2.75, 3.05) is 0 Å². The number of carbonyl (C=O) groups excluding carboxylic acids is 2. The summed E-state index contributed by atoms with van der Waals surface area (Å²) in [6.07, 6.45) is 5.07. The molecular weight excluding hydrogens is 384 g/mol. The molecule has 148 valence electrons. The molecule has 0 aliphatic heterocycles. The van der Waals surface area contributed by atoms with Crippen LogP contribution in [0.1, 0.15) is 56.3 Å². The van der Waals surface area contributed by atoms with E-state index in [9.17, 15) is 9.59 Å². The molecule has 2 amide bonds. The van der Waals surface area contributed by atoms with Crippen LogP contribution in [0.3, 0.4) is 0 Å². The Labute approximate surface area is 170 Å². The van der Waals surface area contributed by atoms with Crippen LogP contribution in [-0.4, -0.2) is 29.0 Å². The zero-order valence-electron chi connectivity index (χ0n) is 15.7. The Morgan fingerprint density at radius 3 is 2.37 bits per heavy atom. The Hall–Kier alpha value is -1.86. The van der Waals surface area contributed by atoms with Crippen LogP contribution in [0.5, 0.6) is 0 Å². The van der Waals surface area contributed by atoms with Gasteiger partial charge in [0.25, 0.3) is 11.8 Å². The molecule has 27 heavy (non-hydrogen) atoms. The van der Waals surface area contributed by atoms with Crippen LogP contribution in [0.4, 0.5) is 0 Å². The van der Waals surface area contributed by atoms with Crippen molar-refractivity contribution >= 4 is 40.7 Å². The molecule has 1 aromatic carbocycles. The summed E-state index contributed by atoms with van der Waals surface area (Å²) in [5.41, 5.74) is 5.79. The smallest absolute Gasteiger partial charge is 0.260 e. The molecule has 0 saturated heterocycles. The lowest BCUT2D eigenvalue weighted by Crippen LogP contribution is -2.55. The van der Waals surface area contributed by atoms with Gasteiger partial charge in [-0.25, -0.2) is 0 Å². The maximum atomic E-state index is 12.5. The molecule has 1 fully saturated rings. The third-order valence-corrected chi connectivity index (χ3v) is 4.90. The van der Waals surface area contributed by atoms with Crippen molar-refractivity contribution in [3.63, 3.8) is 0 Å². The Morgan fingerprint density at radius 1 is 1.15 bits per heavy atom. The van der Waals surface area contributed by atoms with Gasteiger partial charge in [-0.3, -0.25) is 20.4 Å². The molecule has 0 unspecified atom stereocenters. The molecule has 1 atom stereocenters. The van der Waals surface area contributed by atoms with Crippen LogP contribution >= 0.6 is 23.8 Å². The van der Waals surface area contributed by atoms with Crippen LogP contribution in [0.25, 0.3) is 0 Å². The fourth-order valence-corrected chi connectivity index (χ4v) is 3.39. The number of rotatable bonds is 6. The Morgan fingerprint density at radius 2 is 1.78 bits per heavy atom. The Bertz CT molecular complexity index is 660. The van der Waals surface area contributed by atoms with Gasteiger partial charge in [0.1, 0.15) is 6.04 Å². The largest absolute Gasteiger partial charge is 0.359 e. The maximum absolute atomic E-state index is 12.5. The van der Waals surface area contributed by atoms with Crippen molar-refractivity contribution in [1.29, 1.82) is 0 Å². The highest BCUT2D eigenvalue weighted by Gasteiger charge is 2.23. The van der Waals surface area contributed by atoms with Gasteiger partial charge in [-0.1, -0.05) is 38.3 Å². The molecule has 4 N–H and O–H groups in total. The molecule has 0 heterocycles. The summed E-state index contributed by atoms with van der Waals surface area (Å²) < 4.78 is 0. The van der Waals surface area contributed by atoms with Gasteiger partial charge >= 0.3 is 0 Å².